The number of carbonyl (C=O) groups excluding carboxylic acids is 8. The van der Waals surface area contributed by atoms with Gasteiger partial charge in [0.25, 0.3) is 0 Å². The van der Waals surface area contributed by atoms with Crippen molar-refractivity contribution < 1.29 is 113 Å². The van der Waals surface area contributed by atoms with Crippen LogP contribution < -0.4 is 73.5 Å². The SMILES string of the molecule is CN[C@H](CC(C)C)C(=O)N[C@H]1C(=O)N[C@@H](CC(N)=O)C(=O)N[C@H](C)C(=O)NC2C(=O)N[C@H](C(=O)N[C@@H](C(=O)NCCCCN)c3cc(O)cc(O)c3-c3cc2ccc3O)[C@H](O)c2ccc(c(Cl)c2)Oc2cccc(c2OC2OC(CO)C(O)C(O)C2OC2CC(C)(NCc3ccc(-c4ccc(Cl)cc4)cc3)C(O)C(C)O2)Oc2ccc(cc2Cl)[C@H]1O. The number of phenolic OH excluding ortho intramolecular Hbond substituents is 3. The minimum absolute atomic E-state index is 0.0288. The van der Waals surface area contributed by atoms with E-state index in [-0.39, 0.29) is 105 Å². The van der Waals surface area contributed by atoms with Crippen molar-refractivity contribution in [1.29, 1.82) is 0 Å². The number of aliphatic hydroxyl groups excluding tert-OH is 6. The fraction of sp³-hybridized carbons (Fsp3) is 0.405. The van der Waals surface area contributed by atoms with Crippen molar-refractivity contribution in [3.05, 3.63) is 176 Å². The molecule has 7 aromatic rings. The number of nitrogens with two attached hydrogens (primary N) is 2. The number of benzene rings is 7. The van der Waals surface area contributed by atoms with Crippen LogP contribution in [0.1, 0.15) is 119 Å². The Kier molecular flexibility index (Phi) is 30.2. The number of rotatable bonds is 21. The Morgan fingerprint density at radius 1 is 0.678 bits per heavy atom. The standard InChI is InChI=1S/C84H98Cl3N11O23/c1-38(2)28-53(90-6)77(110)97-67-69(104)45-19-24-57(51(86)30-45)117-59-10-9-11-60(73(59)121-83-74(72(107)71(106)61(37-99)119-83)120-63-35-84(5,75(108)40(4)116-63)92-36-41-12-14-42(15-13-41)43-16-21-47(85)22-17-43)118-58-25-20-46(31-52(58)87)70(105)68-82(115)96-66(79(112)91-27-8-7-26-88)50-32-48(100)33-56(102)64(50)49-29-44(18-23-55(49)101)65(80(113)98-68)95-76(109)39(3)93-78(111)54(34-62(89)103)94-81(67)114/h9-25,29-33,38-40,53-54,61,63,65-72,74-75,83,90,92,99-102,104-108H,7-8,26-28,34-37,88H2,1-6H3,(H2,89,103)(H,91,112)(H,93,111)(H,94,114)(H,95,109)(H,96,115)(H,97,110)(H,98,113)/t39-,40?,53-,54+,61?,63?,65?,66-,67-,68+,69-,70-,71?,72?,74?,75?,83?,84?/m1/s1. The molecule has 0 aromatic heterocycles. The normalized spacial score (nSPS) is 26.3. The molecule has 0 radical (unpaired) electrons. The van der Waals surface area contributed by atoms with Gasteiger partial charge in [0.2, 0.25) is 59.3 Å². The number of phenols is 3. The van der Waals surface area contributed by atoms with Crippen LogP contribution in [0, 0.1) is 5.92 Å². The highest BCUT2D eigenvalue weighted by Gasteiger charge is 2.52. The molecule has 37 heteroatoms. The summed E-state index contributed by atoms with van der Waals surface area (Å²) < 4.78 is 39.0. The number of primary amides is 1. The van der Waals surface area contributed by atoms with Gasteiger partial charge in [-0.1, -0.05) is 109 Å². The number of unbranched alkanes of at least 4 members (excludes halogenated alkanes) is 1. The number of hydrogen-bond acceptors (Lipinski definition) is 26. The zero-order valence-corrected chi connectivity index (χ0v) is 68.8. The Hall–Kier alpha value is -10.5. The molecule has 8 amide bonds. The van der Waals surface area contributed by atoms with Gasteiger partial charge in [0.05, 0.1) is 41.3 Å². The third kappa shape index (κ3) is 21.7. The molecule has 2 fully saturated rings. The second kappa shape index (κ2) is 40.0. The molecule has 6 heterocycles. The van der Waals surface area contributed by atoms with E-state index in [9.17, 15) is 74.7 Å². The van der Waals surface area contributed by atoms with Crippen LogP contribution in [-0.4, -0.2) is 205 Å². The van der Waals surface area contributed by atoms with Crippen molar-refractivity contribution in [2.45, 2.75) is 183 Å². The van der Waals surface area contributed by atoms with Gasteiger partial charge in [0.15, 0.2) is 23.9 Å². The lowest BCUT2D eigenvalue weighted by molar-refractivity contribution is -0.334. The summed E-state index contributed by atoms with van der Waals surface area (Å²) in [4.78, 5) is 117. The molecule has 34 nitrogen and oxygen atoms in total. The molecule has 0 spiro atoms. The Bertz CT molecular complexity index is 4940. The Morgan fingerprint density at radius 3 is 1.93 bits per heavy atom. The van der Waals surface area contributed by atoms with E-state index in [0.717, 1.165) is 60.0 Å². The van der Waals surface area contributed by atoms with Crippen LogP contribution >= 0.6 is 34.8 Å². The van der Waals surface area contributed by atoms with E-state index < -0.39 is 193 Å². The van der Waals surface area contributed by atoms with Crippen molar-refractivity contribution in [3.8, 4) is 68.2 Å². The number of halogens is 3. The topological polar surface area (TPSA) is 534 Å². The molecule has 22 N–H and O–H groups in total. The molecule has 121 heavy (non-hydrogen) atoms. The molecule has 13 rings (SSSR count). The van der Waals surface area contributed by atoms with E-state index in [1.165, 1.54) is 55.6 Å². The van der Waals surface area contributed by atoms with Gasteiger partial charge in [0, 0.05) is 47.3 Å². The quantitative estimate of drug-likeness (QED) is 0.0444. The van der Waals surface area contributed by atoms with Gasteiger partial charge in [-0.15, -0.1) is 0 Å². The highest BCUT2D eigenvalue weighted by atomic mass is 35.5. The van der Waals surface area contributed by atoms with Gasteiger partial charge < -0.3 is 134 Å². The van der Waals surface area contributed by atoms with Crippen molar-refractivity contribution in [2.75, 3.05) is 26.7 Å². The van der Waals surface area contributed by atoms with Gasteiger partial charge in [0.1, 0.15) is 95.5 Å². The number of amides is 8. The first kappa shape index (κ1) is 91.2. The number of nitrogens with one attached hydrogen (secondary N) is 9. The number of ether oxygens (including phenoxy) is 6. The molecule has 10 unspecified atom stereocenters. The number of para-hydroxylation sites is 1. The lowest BCUT2D eigenvalue weighted by Gasteiger charge is -2.48. The summed E-state index contributed by atoms with van der Waals surface area (Å²) in [5.41, 5.74) is 11.2. The van der Waals surface area contributed by atoms with Crippen LogP contribution in [0.15, 0.2) is 133 Å². The molecule has 0 aliphatic carbocycles. The fourth-order valence-electron chi connectivity index (χ4n) is 14.6. The van der Waals surface area contributed by atoms with Gasteiger partial charge in [-0.3, -0.25) is 38.4 Å². The number of aliphatic hydroxyl groups is 6. The van der Waals surface area contributed by atoms with E-state index in [2.05, 4.69) is 47.9 Å². The average molecular weight is 1740 g/mol. The highest BCUT2D eigenvalue weighted by molar-refractivity contribution is 6.32. The average Bonchev–Trinajstić information content (AvgIpc) is 0.764. The van der Waals surface area contributed by atoms with Crippen molar-refractivity contribution in [2.24, 2.45) is 17.4 Å². The third-order valence-electron chi connectivity index (χ3n) is 21.3. The van der Waals surface area contributed by atoms with E-state index in [4.69, 9.17) is 74.7 Å². The van der Waals surface area contributed by atoms with Gasteiger partial charge in [-0.2, -0.15) is 0 Å². The van der Waals surface area contributed by atoms with Gasteiger partial charge >= 0.3 is 0 Å². The zero-order chi connectivity index (χ0) is 87.6. The summed E-state index contributed by atoms with van der Waals surface area (Å²) in [5.74, 6) is -13.0. The molecule has 2 saturated heterocycles. The first-order chi connectivity index (χ1) is 57.6. The number of carbonyl (C=O) groups is 8. The van der Waals surface area contributed by atoms with Gasteiger partial charge in [-0.25, -0.2) is 0 Å². The second-order valence-electron chi connectivity index (χ2n) is 30.7. The third-order valence-corrected chi connectivity index (χ3v) is 22.1. The predicted octanol–water partition coefficient (Wildman–Crippen LogP) is 4.36. The summed E-state index contributed by atoms with van der Waals surface area (Å²) in [6, 6.07) is 18.6. The maximum absolute atomic E-state index is 15.4. The Balaban J connectivity index is 1.02. The summed E-state index contributed by atoms with van der Waals surface area (Å²) in [6.45, 7) is 7.69. The van der Waals surface area contributed by atoms with Crippen molar-refractivity contribution >= 4 is 82.1 Å². The van der Waals surface area contributed by atoms with Crippen molar-refractivity contribution in [3.63, 3.8) is 0 Å². The van der Waals surface area contributed by atoms with Crippen molar-refractivity contribution in [1.82, 2.24) is 47.9 Å². The molecule has 648 valence electrons. The molecule has 6 aliphatic rings. The number of aromatic hydroxyl groups is 3. The fourth-order valence-corrected chi connectivity index (χ4v) is 15.2. The van der Waals surface area contributed by atoms with Crippen LogP contribution in [0.5, 0.6) is 46.0 Å². The molecule has 10 bridgehead atoms. The largest absolute Gasteiger partial charge is 0.508 e. The summed E-state index contributed by atoms with van der Waals surface area (Å²) in [7, 11) is 1.48. The Labute approximate surface area is 710 Å². The number of likely N-dealkylation sites (N-methyl/N-ethyl adjacent to an activating group) is 1. The minimum atomic E-state index is -2.25. The molecular formula is C84H98Cl3N11O23. The summed E-state index contributed by atoms with van der Waals surface area (Å²) in [5, 5.41) is 130. The predicted molar refractivity (Wildman–Crippen MR) is 439 cm³/mol. The molecule has 7 aromatic carbocycles. The van der Waals surface area contributed by atoms with Crippen LogP contribution in [0.2, 0.25) is 15.1 Å². The van der Waals surface area contributed by atoms with E-state index in [1.807, 2.05) is 50.2 Å². The smallest absolute Gasteiger partial charge is 0.247 e. The number of hydrogen-bond donors (Lipinski definition) is 20. The second-order valence-corrected chi connectivity index (χ2v) is 31.9. The molecule has 0 saturated carbocycles. The maximum Gasteiger partial charge on any atom is 0.247 e. The van der Waals surface area contributed by atoms with E-state index in [0.29, 0.717) is 17.9 Å². The molecule has 18 atom stereocenters. The zero-order valence-electron chi connectivity index (χ0n) is 66.5. The van der Waals surface area contributed by atoms with Gasteiger partial charge in [-0.05, 0) is 165 Å². The van der Waals surface area contributed by atoms with Crippen LogP contribution in [0.25, 0.3) is 22.3 Å². The van der Waals surface area contributed by atoms with E-state index in [1.54, 1.807) is 26.0 Å². The number of fused-ring (bicyclic) bond motifs is 6. The molecular weight excluding hydrogens is 1640 g/mol. The summed E-state index contributed by atoms with van der Waals surface area (Å²) in [6.07, 6.45) is -16.9. The monoisotopic (exact) mass is 1730 g/mol. The highest BCUT2D eigenvalue weighted by Crippen LogP contribution is 2.49. The lowest BCUT2D eigenvalue weighted by atomic mass is 9.84. The first-order valence-electron chi connectivity index (χ1n) is 39.0. The minimum Gasteiger partial charge on any atom is -0.508 e. The molecule has 6 aliphatic heterocycles. The van der Waals surface area contributed by atoms with E-state index >= 15 is 9.59 Å². The first-order valence-corrected chi connectivity index (χ1v) is 40.2. The van der Waals surface area contributed by atoms with Crippen LogP contribution in [-0.2, 0) is 59.1 Å². The Morgan fingerprint density at radius 2 is 1.31 bits per heavy atom. The lowest BCUT2D eigenvalue weighted by Crippen LogP contribution is -2.65. The van der Waals surface area contributed by atoms with Crippen LogP contribution in [0.4, 0.5) is 0 Å². The maximum atomic E-state index is 15.4. The summed E-state index contributed by atoms with van der Waals surface area (Å²) >= 11 is 20.4. The van der Waals surface area contributed by atoms with Crippen LogP contribution in [0.3, 0.4) is 0 Å².